The molecule has 2 aromatic heterocycles. The summed E-state index contributed by atoms with van der Waals surface area (Å²) in [6, 6.07) is 0. The van der Waals surface area contributed by atoms with E-state index in [1.165, 1.54) is 11.5 Å². The number of aromatic nitrogens is 4. The van der Waals surface area contributed by atoms with Crippen LogP contribution in [0.1, 0.15) is 26.6 Å². The molecule has 6 heteroatoms. The molecule has 0 bridgehead atoms. The topological polar surface area (TPSA) is 55.6 Å². The Balaban J connectivity index is 1.85. The third-order valence-electron chi connectivity index (χ3n) is 2.30. The fraction of sp³-hybridized carbons (Fsp3) is 0.545. The molecule has 0 atom stereocenters. The second-order valence-electron chi connectivity index (χ2n) is 4.90. The molecule has 0 amide bonds. The van der Waals surface area contributed by atoms with E-state index >= 15 is 0 Å². The molecule has 17 heavy (non-hydrogen) atoms. The summed E-state index contributed by atoms with van der Waals surface area (Å²) < 4.78 is 6.38. The molecule has 0 saturated heterocycles. The maximum Gasteiger partial charge on any atom is 0.202 e. The zero-order chi connectivity index (χ0) is 12.3. The van der Waals surface area contributed by atoms with Crippen molar-refractivity contribution in [3.05, 3.63) is 24.5 Å². The molecule has 0 aliphatic heterocycles. The SMILES string of the molecule is CC(C)(C)c1nsc(NCCn2ccnc2)n1. The van der Waals surface area contributed by atoms with Gasteiger partial charge in [0.2, 0.25) is 5.13 Å². The van der Waals surface area contributed by atoms with E-state index in [2.05, 4.69) is 40.4 Å². The molecule has 0 radical (unpaired) electrons. The standard InChI is InChI=1S/C11H17N5S/c1-11(2,3)9-14-10(17-15-9)13-5-7-16-6-4-12-8-16/h4,6,8H,5,7H2,1-3H3,(H,13,14,15). The lowest BCUT2D eigenvalue weighted by Crippen LogP contribution is -2.14. The molecule has 0 aliphatic rings. The first-order valence-corrected chi connectivity index (χ1v) is 6.37. The Morgan fingerprint density at radius 2 is 2.24 bits per heavy atom. The number of nitrogens with zero attached hydrogens (tertiary/aromatic N) is 4. The van der Waals surface area contributed by atoms with Gasteiger partial charge in [-0.05, 0) is 0 Å². The first-order valence-electron chi connectivity index (χ1n) is 5.59. The largest absolute Gasteiger partial charge is 0.358 e. The quantitative estimate of drug-likeness (QED) is 0.904. The average molecular weight is 251 g/mol. The van der Waals surface area contributed by atoms with Gasteiger partial charge in [-0.2, -0.15) is 4.37 Å². The van der Waals surface area contributed by atoms with Crippen LogP contribution in [0.5, 0.6) is 0 Å². The smallest absolute Gasteiger partial charge is 0.202 e. The number of nitrogens with one attached hydrogen (secondary N) is 1. The predicted molar refractivity (Wildman–Crippen MR) is 69.3 cm³/mol. The zero-order valence-corrected chi connectivity index (χ0v) is 11.2. The summed E-state index contributed by atoms with van der Waals surface area (Å²) in [6.45, 7) is 8.05. The lowest BCUT2D eigenvalue weighted by Gasteiger charge is -2.12. The molecular weight excluding hydrogens is 234 g/mol. The minimum atomic E-state index is 0.0147. The Labute approximate surface area is 105 Å². The monoisotopic (exact) mass is 251 g/mol. The van der Waals surface area contributed by atoms with Gasteiger partial charge < -0.3 is 9.88 Å². The first kappa shape index (κ1) is 12.0. The normalized spacial score (nSPS) is 11.7. The maximum atomic E-state index is 4.47. The van der Waals surface area contributed by atoms with Gasteiger partial charge in [-0.15, -0.1) is 0 Å². The highest BCUT2D eigenvalue weighted by Gasteiger charge is 2.19. The average Bonchev–Trinajstić information content (AvgIpc) is 2.86. The third-order valence-corrected chi connectivity index (χ3v) is 2.98. The lowest BCUT2D eigenvalue weighted by atomic mass is 9.96. The van der Waals surface area contributed by atoms with Crippen molar-refractivity contribution in [2.75, 3.05) is 11.9 Å². The van der Waals surface area contributed by atoms with Crippen LogP contribution in [0.25, 0.3) is 0 Å². The minimum absolute atomic E-state index is 0.0147. The van der Waals surface area contributed by atoms with Crippen molar-refractivity contribution in [3.63, 3.8) is 0 Å². The molecule has 0 unspecified atom stereocenters. The van der Waals surface area contributed by atoms with Gasteiger partial charge in [0.05, 0.1) is 6.33 Å². The number of imidazole rings is 1. The molecule has 1 N–H and O–H groups in total. The minimum Gasteiger partial charge on any atom is -0.358 e. The van der Waals surface area contributed by atoms with Gasteiger partial charge in [0.25, 0.3) is 0 Å². The van der Waals surface area contributed by atoms with Crippen LogP contribution in [-0.2, 0) is 12.0 Å². The van der Waals surface area contributed by atoms with Gasteiger partial charge in [0.1, 0.15) is 5.82 Å². The van der Waals surface area contributed by atoms with Gasteiger partial charge in [-0.1, -0.05) is 20.8 Å². The fourth-order valence-corrected chi connectivity index (χ4v) is 2.09. The predicted octanol–water partition coefficient (Wildman–Crippen LogP) is 2.14. The van der Waals surface area contributed by atoms with Gasteiger partial charge in [-0.25, -0.2) is 9.97 Å². The Morgan fingerprint density at radius 1 is 1.41 bits per heavy atom. The fourth-order valence-electron chi connectivity index (χ4n) is 1.31. The molecule has 2 heterocycles. The molecular formula is C11H17N5S. The van der Waals surface area contributed by atoms with E-state index in [9.17, 15) is 0 Å². The third kappa shape index (κ3) is 3.26. The molecule has 5 nitrogen and oxygen atoms in total. The molecule has 0 aromatic carbocycles. The highest BCUT2D eigenvalue weighted by molar-refractivity contribution is 7.09. The highest BCUT2D eigenvalue weighted by atomic mass is 32.1. The van der Waals surface area contributed by atoms with Crippen LogP contribution in [-0.4, -0.2) is 25.5 Å². The van der Waals surface area contributed by atoms with Gasteiger partial charge >= 0.3 is 0 Å². The Hall–Kier alpha value is -1.43. The van der Waals surface area contributed by atoms with Gasteiger partial charge in [-0.3, -0.25) is 0 Å². The molecule has 0 spiro atoms. The van der Waals surface area contributed by atoms with E-state index in [0.717, 1.165) is 24.0 Å². The van der Waals surface area contributed by atoms with E-state index in [-0.39, 0.29) is 5.41 Å². The molecule has 0 aliphatic carbocycles. The Morgan fingerprint density at radius 3 is 2.82 bits per heavy atom. The van der Waals surface area contributed by atoms with Crippen molar-refractivity contribution in [2.45, 2.75) is 32.7 Å². The molecule has 92 valence electrons. The zero-order valence-electron chi connectivity index (χ0n) is 10.3. The second-order valence-corrected chi connectivity index (χ2v) is 5.65. The summed E-state index contributed by atoms with van der Waals surface area (Å²) in [5, 5.41) is 4.16. The van der Waals surface area contributed by atoms with Crippen LogP contribution in [0.15, 0.2) is 18.7 Å². The van der Waals surface area contributed by atoms with Gasteiger partial charge in [0.15, 0.2) is 0 Å². The van der Waals surface area contributed by atoms with Crippen LogP contribution in [0.3, 0.4) is 0 Å². The summed E-state index contributed by atoms with van der Waals surface area (Å²) in [4.78, 5) is 8.47. The van der Waals surface area contributed by atoms with Crippen LogP contribution in [0, 0.1) is 0 Å². The van der Waals surface area contributed by atoms with Crippen molar-refractivity contribution in [2.24, 2.45) is 0 Å². The summed E-state index contributed by atoms with van der Waals surface area (Å²) in [5.41, 5.74) is 0.0147. The van der Waals surface area contributed by atoms with Crippen molar-refractivity contribution in [1.82, 2.24) is 18.9 Å². The van der Waals surface area contributed by atoms with E-state index < -0.39 is 0 Å². The van der Waals surface area contributed by atoms with Crippen molar-refractivity contribution >= 4 is 16.7 Å². The van der Waals surface area contributed by atoms with E-state index in [1.54, 1.807) is 6.20 Å². The Kier molecular flexibility index (Phi) is 3.42. The molecule has 2 aromatic rings. The number of anilines is 1. The number of hydrogen-bond acceptors (Lipinski definition) is 5. The van der Waals surface area contributed by atoms with Gasteiger partial charge in [0, 0.05) is 42.4 Å². The molecule has 0 saturated carbocycles. The van der Waals surface area contributed by atoms with Crippen molar-refractivity contribution in [3.8, 4) is 0 Å². The summed E-state index contributed by atoms with van der Waals surface area (Å²) in [5.74, 6) is 0.896. The van der Waals surface area contributed by atoms with Crippen LogP contribution in [0.4, 0.5) is 5.13 Å². The van der Waals surface area contributed by atoms with E-state index in [1.807, 2.05) is 17.1 Å². The lowest BCUT2D eigenvalue weighted by molar-refractivity contribution is 0.555. The van der Waals surface area contributed by atoms with Crippen LogP contribution in [0.2, 0.25) is 0 Å². The number of hydrogen-bond donors (Lipinski definition) is 1. The van der Waals surface area contributed by atoms with Crippen molar-refractivity contribution in [1.29, 1.82) is 0 Å². The molecule has 0 fully saturated rings. The van der Waals surface area contributed by atoms with E-state index in [4.69, 9.17) is 0 Å². The van der Waals surface area contributed by atoms with Crippen LogP contribution < -0.4 is 5.32 Å². The van der Waals surface area contributed by atoms with Crippen molar-refractivity contribution < 1.29 is 0 Å². The number of rotatable bonds is 4. The highest BCUT2D eigenvalue weighted by Crippen LogP contribution is 2.22. The van der Waals surface area contributed by atoms with E-state index in [0.29, 0.717) is 0 Å². The Bertz CT molecular complexity index is 454. The summed E-state index contributed by atoms with van der Waals surface area (Å²) in [7, 11) is 0. The summed E-state index contributed by atoms with van der Waals surface area (Å²) >= 11 is 1.42. The summed E-state index contributed by atoms with van der Waals surface area (Å²) in [6.07, 6.45) is 5.54. The second kappa shape index (κ2) is 4.83. The first-order chi connectivity index (χ1) is 8.05. The maximum absolute atomic E-state index is 4.47. The molecule has 2 rings (SSSR count). The van der Waals surface area contributed by atoms with Crippen LogP contribution >= 0.6 is 11.5 Å².